The Morgan fingerprint density at radius 3 is 2.04 bits per heavy atom. The second-order valence-corrected chi connectivity index (χ2v) is 7.83. The van der Waals surface area contributed by atoms with Gasteiger partial charge in [0.05, 0.1) is 12.2 Å². The van der Waals surface area contributed by atoms with Crippen LogP contribution in [0.2, 0.25) is 0 Å². The zero-order chi connectivity index (χ0) is 19.9. The van der Waals surface area contributed by atoms with Crippen LogP contribution in [0.5, 0.6) is 5.75 Å². The summed E-state index contributed by atoms with van der Waals surface area (Å²) in [7, 11) is 0. The quantitative estimate of drug-likeness (QED) is 0.623. The first-order valence-corrected chi connectivity index (χ1v) is 9.57. The normalized spacial score (nSPS) is 15.2. The van der Waals surface area contributed by atoms with Crippen molar-refractivity contribution in [2.75, 3.05) is 0 Å². The highest BCUT2D eigenvalue weighted by atomic mass is 16.5. The molecule has 26 heavy (non-hydrogen) atoms. The minimum atomic E-state index is -0.436. The molecular weight excluding hydrogens is 328 g/mol. The smallest absolute Gasteiger partial charge is 0.323 e. The molecule has 0 aromatic heterocycles. The maximum absolute atomic E-state index is 12.5. The number of nitrogens with two attached hydrogens (primary N) is 1. The van der Waals surface area contributed by atoms with Crippen LogP contribution >= 0.6 is 0 Å². The van der Waals surface area contributed by atoms with Crippen molar-refractivity contribution in [2.24, 2.45) is 11.7 Å². The summed E-state index contributed by atoms with van der Waals surface area (Å²) in [5, 5.41) is 3.37. The Bertz CT molecular complexity index is 541. The van der Waals surface area contributed by atoms with Crippen LogP contribution in [-0.4, -0.2) is 36.3 Å². The van der Waals surface area contributed by atoms with Crippen molar-refractivity contribution in [1.29, 1.82) is 0 Å². The van der Waals surface area contributed by atoms with E-state index in [0.29, 0.717) is 12.3 Å². The minimum absolute atomic E-state index is 0.00302. The Balaban J connectivity index is 2.85. The monoisotopic (exact) mass is 364 g/mol. The summed E-state index contributed by atoms with van der Waals surface area (Å²) in [6.45, 7) is 13.9. The predicted molar refractivity (Wildman–Crippen MR) is 106 cm³/mol. The van der Waals surface area contributed by atoms with Crippen molar-refractivity contribution in [2.45, 2.75) is 85.2 Å². The lowest BCUT2D eigenvalue weighted by molar-refractivity contribution is -0.150. The molecule has 0 aliphatic heterocycles. The molecule has 0 saturated heterocycles. The van der Waals surface area contributed by atoms with Crippen LogP contribution < -0.4 is 15.8 Å². The van der Waals surface area contributed by atoms with Crippen LogP contribution in [0.1, 0.15) is 54.0 Å². The standard InChI is InChI=1S/C21H36N2O3/c1-13(2)20(22)16(7)23-19(21(24)26-15(5)6)12-17-8-10-18(11-9-17)25-14(3)4/h8-11,13-16,19-20,23H,12,22H2,1-7H3. The Labute approximate surface area is 158 Å². The summed E-state index contributed by atoms with van der Waals surface area (Å²) < 4.78 is 11.1. The van der Waals surface area contributed by atoms with Gasteiger partial charge in [0.15, 0.2) is 0 Å². The third-order valence-electron chi connectivity index (χ3n) is 4.18. The largest absolute Gasteiger partial charge is 0.491 e. The lowest BCUT2D eigenvalue weighted by atomic mass is 9.97. The molecule has 0 saturated carbocycles. The van der Waals surface area contributed by atoms with Gasteiger partial charge in [0.1, 0.15) is 11.8 Å². The van der Waals surface area contributed by atoms with Crippen molar-refractivity contribution in [1.82, 2.24) is 5.32 Å². The van der Waals surface area contributed by atoms with Gasteiger partial charge in [-0.25, -0.2) is 0 Å². The van der Waals surface area contributed by atoms with Gasteiger partial charge < -0.3 is 20.5 Å². The molecule has 3 unspecified atom stereocenters. The highest BCUT2D eigenvalue weighted by Gasteiger charge is 2.26. The van der Waals surface area contributed by atoms with Crippen molar-refractivity contribution in [3.63, 3.8) is 0 Å². The summed E-state index contributed by atoms with van der Waals surface area (Å²) in [6.07, 6.45) is 0.528. The zero-order valence-electron chi connectivity index (χ0n) is 17.3. The van der Waals surface area contributed by atoms with Crippen LogP contribution in [0.3, 0.4) is 0 Å². The van der Waals surface area contributed by atoms with Gasteiger partial charge in [0.25, 0.3) is 0 Å². The molecule has 0 fully saturated rings. The number of rotatable bonds is 10. The highest BCUT2D eigenvalue weighted by molar-refractivity contribution is 5.76. The average Bonchev–Trinajstić information content (AvgIpc) is 2.53. The molecule has 1 rings (SSSR count). The fourth-order valence-corrected chi connectivity index (χ4v) is 2.74. The average molecular weight is 365 g/mol. The Morgan fingerprint density at radius 2 is 1.58 bits per heavy atom. The number of carbonyl (C=O) groups is 1. The van der Waals surface area contributed by atoms with E-state index in [4.69, 9.17) is 15.2 Å². The summed E-state index contributed by atoms with van der Waals surface area (Å²) >= 11 is 0. The third kappa shape index (κ3) is 7.75. The second kappa shape index (κ2) is 10.5. The number of hydrogen-bond acceptors (Lipinski definition) is 5. The van der Waals surface area contributed by atoms with Gasteiger partial charge in [-0.15, -0.1) is 0 Å². The molecule has 148 valence electrons. The van der Waals surface area contributed by atoms with Gasteiger partial charge in [-0.3, -0.25) is 4.79 Å². The van der Waals surface area contributed by atoms with Crippen LogP contribution in [0.25, 0.3) is 0 Å². The van der Waals surface area contributed by atoms with Gasteiger partial charge >= 0.3 is 5.97 Å². The fourth-order valence-electron chi connectivity index (χ4n) is 2.74. The van der Waals surface area contributed by atoms with Crippen molar-refractivity contribution < 1.29 is 14.3 Å². The molecule has 3 N–H and O–H groups in total. The van der Waals surface area contributed by atoms with E-state index in [9.17, 15) is 4.79 Å². The van der Waals surface area contributed by atoms with Crippen LogP contribution in [0.4, 0.5) is 0 Å². The van der Waals surface area contributed by atoms with Crippen LogP contribution in [-0.2, 0) is 16.0 Å². The second-order valence-electron chi connectivity index (χ2n) is 7.83. The minimum Gasteiger partial charge on any atom is -0.491 e. The molecule has 0 radical (unpaired) electrons. The molecule has 0 heterocycles. The van der Waals surface area contributed by atoms with E-state index in [0.717, 1.165) is 11.3 Å². The Morgan fingerprint density at radius 1 is 1.00 bits per heavy atom. The summed E-state index contributed by atoms with van der Waals surface area (Å²) in [6, 6.07) is 7.38. The Kier molecular flexibility index (Phi) is 9.09. The van der Waals surface area contributed by atoms with Crippen LogP contribution in [0, 0.1) is 5.92 Å². The highest BCUT2D eigenvalue weighted by Crippen LogP contribution is 2.16. The van der Waals surface area contributed by atoms with E-state index in [2.05, 4.69) is 19.2 Å². The van der Waals surface area contributed by atoms with E-state index >= 15 is 0 Å². The summed E-state index contributed by atoms with van der Waals surface area (Å²) in [5.74, 6) is 0.908. The third-order valence-corrected chi connectivity index (χ3v) is 4.18. The van der Waals surface area contributed by atoms with Gasteiger partial charge in [-0.1, -0.05) is 26.0 Å². The van der Waals surface area contributed by atoms with Crippen molar-refractivity contribution in [3.05, 3.63) is 29.8 Å². The molecular formula is C21H36N2O3. The molecule has 5 heteroatoms. The molecule has 0 aliphatic rings. The molecule has 0 spiro atoms. The lowest BCUT2D eigenvalue weighted by Crippen LogP contribution is -2.53. The number of ether oxygens (including phenoxy) is 2. The van der Waals surface area contributed by atoms with Crippen LogP contribution in [0.15, 0.2) is 24.3 Å². The lowest BCUT2D eigenvalue weighted by Gasteiger charge is -2.29. The molecule has 5 nitrogen and oxygen atoms in total. The van der Waals surface area contributed by atoms with E-state index in [1.54, 1.807) is 0 Å². The zero-order valence-corrected chi connectivity index (χ0v) is 17.3. The fraction of sp³-hybridized carbons (Fsp3) is 0.667. The number of carbonyl (C=O) groups excluding carboxylic acids is 1. The van der Waals surface area contributed by atoms with E-state index in [-0.39, 0.29) is 30.3 Å². The van der Waals surface area contributed by atoms with Gasteiger partial charge in [-0.2, -0.15) is 0 Å². The first kappa shape index (κ1) is 22.5. The van der Waals surface area contributed by atoms with Gasteiger partial charge in [0.2, 0.25) is 0 Å². The topological polar surface area (TPSA) is 73.6 Å². The summed E-state index contributed by atoms with van der Waals surface area (Å²) in [5.41, 5.74) is 7.28. The van der Waals surface area contributed by atoms with Gasteiger partial charge in [-0.05, 0) is 64.7 Å². The molecule has 1 aromatic rings. The maximum Gasteiger partial charge on any atom is 0.323 e. The van der Waals surface area contributed by atoms with Crippen molar-refractivity contribution in [3.8, 4) is 5.75 Å². The predicted octanol–water partition coefficient (Wildman–Crippen LogP) is 3.30. The molecule has 0 amide bonds. The molecule has 3 atom stereocenters. The van der Waals surface area contributed by atoms with E-state index in [1.165, 1.54) is 0 Å². The number of hydrogen-bond donors (Lipinski definition) is 2. The first-order valence-electron chi connectivity index (χ1n) is 9.57. The molecule has 1 aromatic carbocycles. The SMILES string of the molecule is CC(C)OC(=O)C(Cc1ccc(OC(C)C)cc1)NC(C)C(N)C(C)C. The maximum atomic E-state index is 12.5. The number of benzene rings is 1. The van der Waals surface area contributed by atoms with Crippen molar-refractivity contribution >= 4 is 5.97 Å². The first-order chi connectivity index (χ1) is 12.1. The van der Waals surface area contributed by atoms with E-state index < -0.39 is 6.04 Å². The summed E-state index contributed by atoms with van der Waals surface area (Å²) in [4.78, 5) is 12.5. The molecule has 0 bridgehead atoms. The molecule has 0 aliphatic carbocycles. The number of esters is 1. The Hall–Kier alpha value is -1.59. The van der Waals surface area contributed by atoms with E-state index in [1.807, 2.05) is 58.9 Å². The van der Waals surface area contributed by atoms with Gasteiger partial charge in [0, 0.05) is 12.1 Å². The number of nitrogens with one attached hydrogen (secondary N) is 1.